The minimum Gasteiger partial charge on any atom is -0.489 e. The Morgan fingerprint density at radius 2 is 1.58 bits per heavy atom. The molecule has 0 atom stereocenters. The second-order valence-corrected chi connectivity index (χ2v) is 11.2. The van der Waals surface area contributed by atoms with Crippen molar-refractivity contribution in [3.05, 3.63) is 88.9 Å². The van der Waals surface area contributed by atoms with Crippen molar-refractivity contribution in [1.82, 2.24) is 4.31 Å². The van der Waals surface area contributed by atoms with Crippen LogP contribution in [-0.4, -0.2) is 44.3 Å². The van der Waals surface area contributed by atoms with Crippen molar-refractivity contribution in [2.45, 2.75) is 37.2 Å². The van der Waals surface area contributed by atoms with Gasteiger partial charge in [-0.3, -0.25) is 4.79 Å². The Bertz CT molecular complexity index is 1360. The molecule has 1 aliphatic heterocycles. The maximum absolute atomic E-state index is 13.2. The molecule has 3 aromatic carbocycles. The molecular weight excluding hydrogens is 528 g/mol. The van der Waals surface area contributed by atoms with Gasteiger partial charge in [0.25, 0.3) is 5.91 Å². The number of ether oxygens (including phenoxy) is 2. The zero-order valence-corrected chi connectivity index (χ0v) is 22.3. The molecule has 8 nitrogen and oxygen atoms in total. The molecule has 10 heteroatoms. The van der Waals surface area contributed by atoms with E-state index in [0.29, 0.717) is 31.1 Å². The molecule has 4 rings (SSSR count). The number of hydrogen-bond donors (Lipinski definition) is 1. The number of rotatable bonds is 9. The monoisotopic (exact) mass is 556 g/mol. The first-order valence-corrected chi connectivity index (χ1v) is 14.2. The van der Waals surface area contributed by atoms with Crippen molar-refractivity contribution in [1.29, 1.82) is 0 Å². The summed E-state index contributed by atoms with van der Waals surface area (Å²) in [7, 11) is -3.86. The van der Waals surface area contributed by atoms with Crippen LogP contribution in [0.1, 0.15) is 41.6 Å². The molecule has 200 valence electrons. The van der Waals surface area contributed by atoms with Gasteiger partial charge in [-0.2, -0.15) is 4.31 Å². The van der Waals surface area contributed by atoms with Crippen molar-refractivity contribution in [3.63, 3.8) is 0 Å². The standard InChI is InChI=1S/C28H29ClN2O6S/c29-25-15-10-22(18-26(25)38(34,35)31-16-6-1-2-7-17-31)28(33)37-20-27(32)30-23-11-13-24(14-12-23)36-19-21-8-4-3-5-9-21/h3-5,8-15,18H,1-2,6-7,16-17,19-20H2,(H,30,32). The molecule has 38 heavy (non-hydrogen) atoms. The predicted molar refractivity (Wildman–Crippen MR) is 145 cm³/mol. The maximum atomic E-state index is 13.2. The van der Waals surface area contributed by atoms with Gasteiger partial charge in [-0.05, 0) is 60.9 Å². The minimum atomic E-state index is -3.86. The van der Waals surface area contributed by atoms with Crippen molar-refractivity contribution >= 4 is 39.2 Å². The number of hydrogen-bond acceptors (Lipinski definition) is 6. The van der Waals surface area contributed by atoms with Crippen LogP contribution in [0.25, 0.3) is 0 Å². The fourth-order valence-electron chi connectivity index (χ4n) is 4.04. The second-order valence-electron chi connectivity index (χ2n) is 8.89. The zero-order valence-electron chi connectivity index (χ0n) is 20.8. The maximum Gasteiger partial charge on any atom is 0.338 e. The van der Waals surface area contributed by atoms with Gasteiger partial charge in [0.1, 0.15) is 17.3 Å². The molecule has 0 radical (unpaired) electrons. The van der Waals surface area contributed by atoms with Crippen LogP contribution in [-0.2, 0) is 26.2 Å². The van der Waals surface area contributed by atoms with E-state index in [1.807, 2.05) is 30.3 Å². The summed E-state index contributed by atoms with van der Waals surface area (Å²) in [6.45, 7) is 0.706. The number of amides is 1. The molecule has 0 saturated carbocycles. The number of nitrogens with zero attached hydrogens (tertiary/aromatic N) is 1. The number of carbonyl (C=O) groups excluding carboxylic acids is 2. The average Bonchev–Trinajstić information content (AvgIpc) is 3.23. The molecule has 3 aromatic rings. The summed E-state index contributed by atoms with van der Waals surface area (Å²) in [5.41, 5.74) is 1.55. The lowest BCUT2D eigenvalue weighted by atomic mass is 10.2. The number of anilines is 1. The number of carbonyl (C=O) groups is 2. The summed E-state index contributed by atoms with van der Waals surface area (Å²) in [5, 5.41) is 2.68. The van der Waals surface area contributed by atoms with Gasteiger partial charge in [0.15, 0.2) is 6.61 Å². The van der Waals surface area contributed by atoms with E-state index in [-0.39, 0.29) is 15.5 Å². The normalized spacial score (nSPS) is 14.3. The van der Waals surface area contributed by atoms with Gasteiger partial charge in [0.2, 0.25) is 10.0 Å². The van der Waals surface area contributed by atoms with Crippen molar-refractivity contribution in [3.8, 4) is 5.75 Å². The van der Waals surface area contributed by atoms with Crippen LogP contribution in [0.4, 0.5) is 5.69 Å². The van der Waals surface area contributed by atoms with Gasteiger partial charge in [-0.25, -0.2) is 13.2 Å². The van der Waals surface area contributed by atoms with E-state index >= 15 is 0 Å². The molecule has 1 heterocycles. The van der Waals surface area contributed by atoms with Crippen LogP contribution in [0.2, 0.25) is 5.02 Å². The third-order valence-corrected chi connectivity index (χ3v) is 8.45. The molecule has 0 aliphatic carbocycles. The van der Waals surface area contributed by atoms with Crippen molar-refractivity contribution in [2.75, 3.05) is 25.0 Å². The highest BCUT2D eigenvalue weighted by molar-refractivity contribution is 7.89. The van der Waals surface area contributed by atoms with Crippen LogP contribution < -0.4 is 10.1 Å². The topological polar surface area (TPSA) is 102 Å². The molecule has 1 saturated heterocycles. The highest BCUT2D eigenvalue weighted by Crippen LogP contribution is 2.28. The van der Waals surface area contributed by atoms with E-state index in [9.17, 15) is 18.0 Å². The Hall–Kier alpha value is -3.40. The Morgan fingerprint density at radius 1 is 0.895 bits per heavy atom. The van der Waals surface area contributed by atoms with Crippen molar-refractivity contribution < 1.29 is 27.5 Å². The highest BCUT2D eigenvalue weighted by atomic mass is 35.5. The molecule has 0 spiro atoms. The summed E-state index contributed by atoms with van der Waals surface area (Å²) in [6.07, 6.45) is 3.50. The van der Waals surface area contributed by atoms with E-state index in [1.165, 1.54) is 22.5 Å². The van der Waals surface area contributed by atoms with Gasteiger partial charge in [-0.15, -0.1) is 0 Å². The summed E-state index contributed by atoms with van der Waals surface area (Å²) >= 11 is 6.19. The minimum absolute atomic E-state index is 0.00415. The van der Waals surface area contributed by atoms with E-state index in [0.717, 1.165) is 31.2 Å². The second kappa shape index (κ2) is 12.9. The summed E-state index contributed by atoms with van der Waals surface area (Å²) in [6, 6.07) is 20.5. The molecule has 1 aliphatic rings. The van der Waals surface area contributed by atoms with E-state index in [2.05, 4.69) is 5.32 Å². The SMILES string of the molecule is O=C(COC(=O)c1ccc(Cl)c(S(=O)(=O)N2CCCCCC2)c1)Nc1ccc(OCc2ccccc2)cc1. The molecule has 0 bridgehead atoms. The lowest BCUT2D eigenvalue weighted by Crippen LogP contribution is -2.32. The van der Waals surface area contributed by atoms with E-state index < -0.39 is 28.5 Å². The van der Waals surface area contributed by atoms with Gasteiger partial charge in [0.05, 0.1) is 10.6 Å². The Kier molecular flexibility index (Phi) is 9.38. The van der Waals surface area contributed by atoms with Crippen LogP contribution in [0.15, 0.2) is 77.7 Å². The van der Waals surface area contributed by atoms with Crippen molar-refractivity contribution in [2.24, 2.45) is 0 Å². The third-order valence-electron chi connectivity index (χ3n) is 6.07. The zero-order chi connectivity index (χ0) is 27.0. The molecule has 1 fully saturated rings. The largest absolute Gasteiger partial charge is 0.489 e. The number of benzene rings is 3. The molecule has 0 unspecified atom stereocenters. The van der Waals surface area contributed by atoms with Crippen LogP contribution in [0, 0.1) is 0 Å². The summed E-state index contributed by atoms with van der Waals surface area (Å²) in [5.74, 6) is -0.719. The number of nitrogens with one attached hydrogen (secondary N) is 1. The number of sulfonamides is 1. The smallest absolute Gasteiger partial charge is 0.338 e. The molecule has 1 amide bonds. The predicted octanol–water partition coefficient (Wildman–Crippen LogP) is 5.28. The fourth-order valence-corrected chi connectivity index (χ4v) is 6.05. The van der Waals surface area contributed by atoms with Crippen LogP contribution in [0.3, 0.4) is 0 Å². The lowest BCUT2D eigenvalue weighted by molar-refractivity contribution is -0.119. The number of halogens is 1. The van der Waals surface area contributed by atoms with Crippen LogP contribution in [0.5, 0.6) is 5.75 Å². The molecule has 1 N–H and O–H groups in total. The van der Waals surface area contributed by atoms with E-state index in [4.69, 9.17) is 21.1 Å². The molecule has 0 aromatic heterocycles. The Labute approximate surface area is 227 Å². The Balaban J connectivity index is 1.31. The molecular formula is C28H29ClN2O6S. The van der Waals surface area contributed by atoms with E-state index in [1.54, 1.807) is 24.3 Å². The first-order valence-electron chi connectivity index (χ1n) is 12.4. The third kappa shape index (κ3) is 7.34. The van der Waals surface area contributed by atoms with Gasteiger partial charge in [0, 0.05) is 18.8 Å². The number of esters is 1. The Morgan fingerprint density at radius 3 is 2.26 bits per heavy atom. The first-order chi connectivity index (χ1) is 18.3. The lowest BCUT2D eigenvalue weighted by Gasteiger charge is -2.21. The quantitative estimate of drug-likeness (QED) is 0.360. The van der Waals surface area contributed by atoms with Gasteiger partial charge in [-0.1, -0.05) is 54.8 Å². The summed E-state index contributed by atoms with van der Waals surface area (Å²) < 4.78 is 38.6. The highest BCUT2D eigenvalue weighted by Gasteiger charge is 2.28. The van der Waals surface area contributed by atoms with Gasteiger partial charge >= 0.3 is 5.97 Å². The average molecular weight is 557 g/mol. The first kappa shape index (κ1) is 27.6. The van der Waals surface area contributed by atoms with Gasteiger partial charge < -0.3 is 14.8 Å². The van der Waals surface area contributed by atoms with Crippen LogP contribution >= 0.6 is 11.6 Å². The fraction of sp³-hybridized carbons (Fsp3) is 0.286. The summed E-state index contributed by atoms with van der Waals surface area (Å²) in [4.78, 5) is 24.8.